The minimum Gasteiger partial charge on any atom is -0.491 e. The van der Waals surface area contributed by atoms with Gasteiger partial charge in [0.2, 0.25) is 0 Å². The van der Waals surface area contributed by atoms with Gasteiger partial charge in [-0.05, 0) is 30.2 Å². The van der Waals surface area contributed by atoms with Crippen LogP contribution < -0.4 is 4.74 Å². The van der Waals surface area contributed by atoms with E-state index in [0.29, 0.717) is 24.7 Å². The van der Waals surface area contributed by atoms with Crippen molar-refractivity contribution in [1.82, 2.24) is 4.98 Å². The van der Waals surface area contributed by atoms with Gasteiger partial charge < -0.3 is 14.2 Å². The standard InChI is InChI=1S/C20H22N2O3S/c1-14-10-22-20(26-13-15-11-24-12-15)18(9-21)19(14)16-3-5-17(6-4-16)25-8-7-23-2/h3-6,10,15H,7-8,11-13H2,1-2H3. The number of methoxy groups -OCH3 is 1. The van der Waals surface area contributed by atoms with E-state index in [0.717, 1.165) is 46.4 Å². The monoisotopic (exact) mass is 370 g/mol. The van der Waals surface area contributed by atoms with Crippen LogP contribution in [0.15, 0.2) is 35.5 Å². The van der Waals surface area contributed by atoms with Crippen LogP contribution in [-0.2, 0) is 9.47 Å². The van der Waals surface area contributed by atoms with Crippen molar-refractivity contribution in [1.29, 1.82) is 5.26 Å². The summed E-state index contributed by atoms with van der Waals surface area (Å²) in [5.41, 5.74) is 3.57. The van der Waals surface area contributed by atoms with Crippen LogP contribution in [-0.4, -0.2) is 44.3 Å². The Bertz CT molecular complexity index is 783. The van der Waals surface area contributed by atoms with Crippen molar-refractivity contribution >= 4 is 11.8 Å². The molecule has 1 aromatic carbocycles. The Balaban J connectivity index is 1.82. The first-order chi connectivity index (χ1) is 12.7. The molecular formula is C20H22N2O3S. The average Bonchev–Trinajstić information content (AvgIpc) is 2.62. The number of aromatic nitrogens is 1. The van der Waals surface area contributed by atoms with Gasteiger partial charge in [0.1, 0.15) is 23.5 Å². The molecule has 0 bridgehead atoms. The summed E-state index contributed by atoms with van der Waals surface area (Å²) in [5, 5.41) is 10.5. The summed E-state index contributed by atoms with van der Waals surface area (Å²) in [6.07, 6.45) is 1.85. The van der Waals surface area contributed by atoms with E-state index in [-0.39, 0.29) is 0 Å². The van der Waals surface area contributed by atoms with E-state index < -0.39 is 0 Å². The van der Waals surface area contributed by atoms with Crippen LogP contribution >= 0.6 is 11.8 Å². The van der Waals surface area contributed by atoms with E-state index in [1.807, 2.05) is 37.4 Å². The smallest absolute Gasteiger partial charge is 0.119 e. The first-order valence-electron chi connectivity index (χ1n) is 8.55. The largest absolute Gasteiger partial charge is 0.491 e. The van der Waals surface area contributed by atoms with Gasteiger partial charge in [-0.15, -0.1) is 11.8 Å². The third kappa shape index (κ3) is 4.36. The van der Waals surface area contributed by atoms with Gasteiger partial charge in [-0.1, -0.05) is 12.1 Å². The molecule has 1 aliphatic heterocycles. The van der Waals surface area contributed by atoms with Crippen LogP contribution in [0.4, 0.5) is 0 Å². The molecule has 0 unspecified atom stereocenters. The molecule has 1 fully saturated rings. The number of aryl methyl sites for hydroxylation is 1. The van der Waals surface area contributed by atoms with Crippen LogP contribution in [0.3, 0.4) is 0 Å². The Labute approximate surface area is 158 Å². The van der Waals surface area contributed by atoms with Crippen LogP contribution in [0.25, 0.3) is 11.1 Å². The lowest BCUT2D eigenvalue weighted by Gasteiger charge is -2.25. The molecule has 26 heavy (non-hydrogen) atoms. The quantitative estimate of drug-likeness (QED) is 0.522. The molecule has 2 aromatic rings. The Morgan fingerprint density at radius 2 is 2.04 bits per heavy atom. The molecule has 6 heteroatoms. The topological polar surface area (TPSA) is 64.4 Å². The molecule has 2 heterocycles. The number of nitrogens with zero attached hydrogens (tertiary/aromatic N) is 2. The molecule has 1 aromatic heterocycles. The van der Waals surface area contributed by atoms with E-state index in [9.17, 15) is 5.26 Å². The van der Waals surface area contributed by atoms with E-state index in [1.54, 1.807) is 18.9 Å². The number of hydrogen-bond acceptors (Lipinski definition) is 6. The zero-order chi connectivity index (χ0) is 18.4. The first-order valence-corrected chi connectivity index (χ1v) is 9.54. The summed E-state index contributed by atoms with van der Waals surface area (Å²) in [6.45, 7) is 4.66. The molecule has 0 amide bonds. The molecule has 5 nitrogen and oxygen atoms in total. The minimum absolute atomic E-state index is 0.513. The Kier molecular flexibility index (Phi) is 6.51. The predicted molar refractivity (Wildman–Crippen MR) is 102 cm³/mol. The fraction of sp³-hybridized carbons (Fsp3) is 0.400. The summed E-state index contributed by atoms with van der Waals surface area (Å²) in [5.74, 6) is 2.27. The third-order valence-electron chi connectivity index (χ3n) is 4.21. The van der Waals surface area contributed by atoms with Crippen molar-refractivity contribution in [2.24, 2.45) is 5.92 Å². The van der Waals surface area contributed by atoms with Gasteiger partial charge in [-0.25, -0.2) is 4.98 Å². The van der Waals surface area contributed by atoms with Gasteiger partial charge in [-0.3, -0.25) is 0 Å². The molecule has 0 saturated carbocycles. The second-order valence-corrected chi connectivity index (χ2v) is 7.20. The van der Waals surface area contributed by atoms with Crippen LogP contribution in [0, 0.1) is 24.2 Å². The highest BCUT2D eigenvalue weighted by molar-refractivity contribution is 7.99. The van der Waals surface area contributed by atoms with Gasteiger partial charge in [0.25, 0.3) is 0 Å². The molecule has 0 spiro atoms. The summed E-state index contributed by atoms with van der Waals surface area (Å²) >= 11 is 1.64. The van der Waals surface area contributed by atoms with Gasteiger partial charge in [-0.2, -0.15) is 5.26 Å². The van der Waals surface area contributed by atoms with Crippen LogP contribution in [0.5, 0.6) is 5.75 Å². The van der Waals surface area contributed by atoms with E-state index >= 15 is 0 Å². The maximum absolute atomic E-state index is 9.75. The predicted octanol–water partition coefficient (Wildman–Crippen LogP) is 3.69. The second-order valence-electron chi connectivity index (χ2n) is 6.19. The normalized spacial score (nSPS) is 13.9. The van der Waals surface area contributed by atoms with Gasteiger partial charge in [0.15, 0.2) is 0 Å². The maximum Gasteiger partial charge on any atom is 0.119 e. The Morgan fingerprint density at radius 1 is 1.27 bits per heavy atom. The highest BCUT2D eigenvalue weighted by Gasteiger charge is 2.21. The van der Waals surface area contributed by atoms with E-state index in [4.69, 9.17) is 14.2 Å². The highest BCUT2D eigenvalue weighted by atomic mass is 32.2. The summed E-state index contributed by atoms with van der Waals surface area (Å²) in [7, 11) is 1.65. The van der Waals surface area contributed by atoms with Crippen molar-refractivity contribution in [2.45, 2.75) is 11.9 Å². The molecule has 136 valence electrons. The number of ether oxygens (including phenoxy) is 3. The van der Waals surface area contributed by atoms with Crippen molar-refractivity contribution in [2.75, 3.05) is 39.3 Å². The van der Waals surface area contributed by atoms with Gasteiger partial charge >= 0.3 is 0 Å². The lowest BCUT2D eigenvalue weighted by atomic mass is 9.98. The van der Waals surface area contributed by atoms with Crippen molar-refractivity contribution < 1.29 is 14.2 Å². The molecule has 1 aliphatic rings. The Morgan fingerprint density at radius 3 is 2.65 bits per heavy atom. The minimum atomic E-state index is 0.513. The average molecular weight is 370 g/mol. The summed E-state index contributed by atoms with van der Waals surface area (Å²) in [6, 6.07) is 10.2. The lowest BCUT2D eigenvalue weighted by Crippen LogP contribution is -2.29. The molecule has 3 rings (SSSR count). The summed E-state index contributed by atoms with van der Waals surface area (Å²) < 4.78 is 15.8. The van der Waals surface area contributed by atoms with E-state index in [1.165, 1.54) is 0 Å². The molecule has 0 aliphatic carbocycles. The van der Waals surface area contributed by atoms with Crippen LogP contribution in [0.2, 0.25) is 0 Å². The molecule has 0 atom stereocenters. The summed E-state index contributed by atoms with van der Waals surface area (Å²) in [4.78, 5) is 4.49. The lowest BCUT2D eigenvalue weighted by molar-refractivity contribution is -0.0196. The number of benzene rings is 1. The number of pyridine rings is 1. The van der Waals surface area contributed by atoms with Crippen molar-refractivity contribution in [3.8, 4) is 22.9 Å². The second kappa shape index (κ2) is 9.04. The number of nitriles is 1. The highest BCUT2D eigenvalue weighted by Crippen LogP contribution is 2.34. The number of rotatable bonds is 8. The molecular weight excluding hydrogens is 348 g/mol. The third-order valence-corrected chi connectivity index (χ3v) is 5.43. The zero-order valence-corrected chi connectivity index (χ0v) is 15.8. The number of thioether (sulfide) groups is 1. The van der Waals surface area contributed by atoms with Crippen LogP contribution in [0.1, 0.15) is 11.1 Å². The Hall–Kier alpha value is -2.07. The van der Waals surface area contributed by atoms with Gasteiger partial charge in [0, 0.05) is 30.5 Å². The first kappa shape index (κ1) is 18.7. The van der Waals surface area contributed by atoms with Crippen molar-refractivity contribution in [3.63, 3.8) is 0 Å². The SMILES string of the molecule is COCCOc1ccc(-c2c(C)cnc(SCC3COC3)c2C#N)cc1. The van der Waals surface area contributed by atoms with E-state index in [2.05, 4.69) is 11.1 Å². The van der Waals surface area contributed by atoms with Crippen molar-refractivity contribution in [3.05, 3.63) is 41.6 Å². The molecule has 0 radical (unpaired) electrons. The van der Waals surface area contributed by atoms with Gasteiger partial charge in [0.05, 0.1) is 25.4 Å². The molecule has 1 saturated heterocycles. The fourth-order valence-corrected chi connectivity index (χ4v) is 3.72. The molecule has 0 N–H and O–H groups in total. The zero-order valence-electron chi connectivity index (χ0n) is 15.0. The number of hydrogen-bond donors (Lipinski definition) is 0. The fourth-order valence-electron chi connectivity index (χ4n) is 2.71. The maximum atomic E-state index is 9.75.